The van der Waals surface area contributed by atoms with E-state index in [4.69, 9.17) is 9.47 Å². The molecule has 3 rings (SSSR count). The molecule has 0 unspecified atom stereocenters. The molecular weight excluding hydrogens is 238 g/mol. The molecule has 2 heterocycles. The predicted molar refractivity (Wildman–Crippen MR) is 75.9 cm³/mol. The van der Waals surface area contributed by atoms with Gasteiger partial charge in [-0.05, 0) is 30.3 Å². The average Bonchev–Trinajstić information content (AvgIpc) is 2.90. The summed E-state index contributed by atoms with van der Waals surface area (Å²) < 4.78 is 12.8. The van der Waals surface area contributed by atoms with Crippen LogP contribution in [0.4, 0.5) is 0 Å². The number of pyridine rings is 1. The Balaban J connectivity index is 2.15. The number of methoxy groups -OCH3 is 2. The zero-order chi connectivity index (χ0) is 13.2. The molecule has 0 atom stereocenters. The molecule has 0 saturated carbocycles. The first kappa shape index (κ1) is 11.7. The third-order valence-electron chi connectivity index (χ3n) is 3.22. The lowest BCUT2D eigenvalue weighted by Gasteiger charge is -2.08. The zero-order valence-corrected chi connectivity index (χ0v) is 11.0. The van der Waals surface area contributed by atoms with Crippen molar-refractivity contribution in [3.8, 4) is 22.6 Å². The van der Waals surface area contributed by atoms with Crippen molar-refractivity contribution in [2.24, 2.45) is 0 Å². The molecule has 0 aliphatic rings. The molecule has 0 fully saturated rings. The standard InChI is InChI=1S/C16H15NO2/c1-18-14-6-7-15(16(10-14)19-2)12-9-13-5-3-4-8-17(13)11-12/h3-11H,1-2H3. The van der Waals surface area contributed by atoms with Crippen LogP contribution in [0.15, 0.2) is 54.9 Å². The van der Waals surface area contributed by atoms with E-state index in [-0.39, 0.29) is 0 Å². The number of ether oxygens (including phenoxy) is 2. The molecule has 0 aliphatic carbocycles. The monoisotopic (exact) mass is 253 g/mol. The molecule has 0 N–H and O–H groups in total. The first-order chi connectivity index (χ1) is 9.31. The van der Waals surface area contributed by atoms with Gasteiger partial charge in [0.1, 0.15) is 11.5 Å². The molecule has 19 heavy (non-hydrogen) atoms. The van der Waals surface area contributed by atoms with Crippen molar-refractivity contribution in [3.63, 3.8) is 0 Å². The van der Waals surface area contributed by atoms with E-state index >= 15 is 0 Å². The maximum atomic E-state index is 5.45. The minimum atomic E-state index is 0.796. The number of nitrogens with zero attached hydrogens (tertiary/aromatic N) is 1. The Morgan fingerprint density at radius 1 is 0.947 bits per heavy atom. The summed E-state index contributed by atoms with van der Waals surface area (Å²) in [6, 6.07) is 14.1. The third kappa shape index (κ3) is 2.03. The maximum Gasteiger partial charge on any atom is 0.130 e. The van der Waals surface area contributed by atoms with Crippen LogP contribution >= 0.6 is 0 Å². The highest BCUT2D eigenvalue weighted by Crippen LogP contribution is 2.34. The molecule has 0 amide bonds. The highest BCUT2D eigenvalue weighted by atomic mass is 16.5. The number of hydrogen-bond acceptors (Lipinski definition) is 2. The summed E-state index contributed by atoms with van der Waals surface area (Å²) in [7, 11) is 3.33. The van der Waals surface area contributed by atoms with Crippen molar-refractivity contribution in [1.82, 2.24) is 4.40 Å². The van der Waals surface area contributed by atoms with Crippen molar-refractivity contribution in [3.05, 3.63) is 54.9 Å². The SMILES string of the molecule is COc1ccc(-c2cc3ccccn3c2)c(OC)c1. The van der Waals surface area contributed by atoms with Gasteiger partial charge in [-0.1, -0.05) is 6.07 Å². The van der Waals surface area contributed by atoms with E-state index in [9.17, 15) is 0 Å². The second kappa shape index (κ2) is 4.69. The lowest BCUT2D eigenvalue weighted by atomic mass is 10.1. The average molecular weight is 253 g/mol. The zero-order valence-electron chi connectivity index (χ0n) is 11.0. The normalized spacial score (nSPS) is 10.6. The summed E-state index contributed by atoms with van der Waals surface area (Å²) >= 11 is 0. The van der Waals surface area contributed by atoms with Crippen LogP contribution < -0.4 is 9.47 Å². The van der Waals surface area contributed by atoms with E-state index in [2.05, 4.69) is 22.7 Å². The Morgan fingerprint density at radius 3 is 2.58 bits per heavy atom. The van der Waals surface area contributed by atoms with Gasteiger partial charge in [0.15, 0.2) is 0 Å². The van der Waals surface area contributed by atoms with Gasteiger partial charge in [0.05, 0.1) is 14.2 Å². The topological polar surface area (TPSA) is 22.9 Å². The van der Waals surface area contributed by atoms with E-state index in [1.54, 1.807) is 14.2 Å². The van der Waals surface area contributed by atoms with E-state index in [0.29, 0.717) is 0 Å². The molecule has 96 valence electrons. The minimum absolute atomic E-state index is 0.796. The second-order valence-corrected chi connectivity index (χ2v) is 4.33. The smallest absolute Gasteiger partial charge is 0.130 e. The molecule has 3 heteroatoms. The maximum absolute atomic E-state index is 5.45. The van der Waals surface area contributed by atoms with Gasteiger partial charge in [0.25, 0.3) is 0 Å². The first-order valence-electron chi connectivity index (χ1n) is 6.11. The van der Waals surface area contributed by atoms with Gasteiger partial charge in [-0.15, -0.1) is 0 Å². The van der Waals surface area contributed by atoms with Crippen LogP contribution in [-0.2, 0) is 0 Å². The fraction of sp³-hybridized carbons (Fsp3) is 0.125. The lowest BCUT2D eigenvalue weighted by molar-refractivity contribution is 0.395. The Labute approximate surface area is 112 Å². The molecule has 3 aromatic rings. The molecule has 3 nitrogen and oxygen atoms in total. The molecule has 0 bridgehead atoms. The summed E-state index contributed by atoms with van der Waals surface area (Å²) in [5, 5.41) is 0. The number of rotatable bonds is 3. The quantitative estimate of drug-likeness (QED) is 0.711. The summed E-state index contributed by atoms with van der Waals surface area (Å²) in [5.41, 5.74) is 3.35. The van der Waals surface area contributed by atoms with Crippen LogP contribution in [0.1, 0.15) is 0 Å². The van der Waals surface area contributed by atoms with Gasteiger partial charge < -0.3 is 13.9 Å². The highest BCUT2D eigenvalue weighted by Gasteiger charge is 2.09. The van der Waals surface area contributed by atoms with Crippen LogP contribution in [0.2, 0.25) is 0 Å². The van der Waals surface area contributed by atoms with Gasteiger partial charge in [-0.3, -0.25) is 0 Å². The van der Waals surface area contributed by atoms with Crippen molar-refractivity contribution in [2.45, 2.75) is 0 Å². The Bertz CT molecular complexity index is 683. The number of aromatic nitrogens is 1. The van der Waals surface area contributed by atoms with Crippen LogP contribution in [0.5, 0.6) is 11.5 Å². The van der Waals surface area contributed by atoms with Crippen LogP contribution in [0, 0.1) is 0 Å². The summed E-state index contributed by atoms with van der Waals surface area (Å²) in [6.45, 7) is 0. The molecule has 0 aliphatic heterocycles. The van der Waals surface area contributed by atoms with E-state index in [1.807, 2.05) is 36.5 Å². The Morgan fingerprint density at radius 2 is 1.84 bits per heavy atom. The third-order valence-corrected chi connectivity index (χ3v) is 3.22. The molecule has 1 aromatic carbocycles. The van der Waals surface area contributed by atoms with Crippen molar-refractivity contribution < 1.29 is 9.47 Å². The van der Waals surface area contributed by atoms with Crippen molar-refractivity contribution in [2.75, 3.05) is 14.2 Å². The molecule has 2 aromatic heterocycles. The second-order valence-electron chi connectivity index (χ2n) is 4.33. The molecule has 0 saturated heterocycles. The summed E-state index contributed by atoms with van der Waals surface area (Å²) in [6.07, 6.45) is 4.13. The Hall–Kier alpha value is -2.42. The number of benzene rings is 1. The molecule has 0 spiro atoms. The highest BCUT2D eigenvalue weighted by molar-refractivity contribution is 5.75. The van der Waals surface area contributed by atoms with E-state index in [0.717, 1.165) is 28.1 Å². The molecule has 0 radical (unpaired) electrons. The van der Waals surface area contributed by atoms with Crippen molar-refractivity contribution >= 4 is 5.52 Å². The predicted octanol–water partition coefficient (Wildman–Crippen LogP) is 3.62. The summed E-state index contributed by atoms with van der Waals surface area (Å²) in [5.74, 6) is 1.61. The van der Waals surface area contributed by atoms with Crippen molar-refractivity contribution in [1.29, 1.82) is 0 Å². The van der Waals surface area contributed by atoms with E-state index < -0.39 is 0 Å². The first-order valence-corrected chi connectivity index (χ1v) is 6.11. The minimum Gasteiger partial charge on any atom is -0.497 e. The fourth-order valence-corrected chi connectivity index (χ4v) is 2.24. The fourth-order valence-electron chi connectivity index (χ4n) is 2.24. The summed E-state index contributed by atoms with van der Waals surface area (Å²) in [4.78, 5) is 0. The van der Waals surface area contributed by atoms with E-state index in [1.165, 1.54) is 0 Å². The van der Waals surface area contributed by atoms with Gasteiger partial charge in [0.2, 0.25) is 0 Å². The molecular formula is C16H15NO2. The van der Waals surface area contributed by atoms with Gasteiger partial charge in [-0.25, -0.2) is 0 Å². The largest absolute Gasteiger partial charge is 0.497 e. The van der Waals surface area contributed by atoms with Gasteiger partial charge >= 0.3 is 0 Å². The van der Waals surface area contributed by atoms with Gasteiger partial charge in [0, 0.05) is 35.1 Å². The van der Waals surface area contributed by atoms with Crippen LogP contribution in [0.25, 0.3) is 16.6 Å². The number of hydrogen-bond donors (Lipinski definition) is 0. The number of fused-ring (bicyclic) bond motifs is 1. The van der Waals surface area contributed by atoms with Gasteiger partial charge in [-0.2, -0.15) is 0 Å². The van der Waals surface area contributed by atoms with Crippen LogP contribution in [-0.4, -0.2) is 18.6 Å². The van der Waals surface area contributed by atoms with Crippen LogP contribution in [0.3, 0.4) is 0 Å². The lowest BCUT2D eigenvalue weighted by Crippen LogP contribution is -1.89. The Kier molecular flexibility index (Phi) is 2.88.